The maximum atomic E-state index is 13.0. The molecule has 0 bridgehead atoms. The van der Waals surface area contributed by atoms with Crippen molar-refractivity contribution in [2.45, 2.75) is 12.5 Å². The fourth-order valence-corrected chi connectivity index (χ4v) is 4.45. The number of hydrogen-bond donors (Lipinski definition) is 1. The Balaban J connectivity index is 1.14. The Morgan fingerprint density at radius 2 is 1.58 bits per heavy atom. The molecule has 0 saturated carbocycles. The number of anilines is 1. The van der Waals surface area contributed by atoms with Crippen molar-refractivity contribution in [3.63, 3.8) is 0 Å². The third kappa shape index (κ3) is 5.47. The number of rotatable bonds is 5. The van der Waals surface area contributed by atoms with E-state index in [0.29, 0.717) is 54.7 Å². The summed E-state index contributed by atoms with van der Waals surface area (Å²) in [4.78, 5) is 38.3. The number of hydrogen-bond acceptors (Lipinski definition) is 5. The Labute approximate surface area is 215 Å². The molecule has 2 aromatic carbocycles. The van der Waals surface area contributed by atoms with Crippen molar-refractivity contribution in [2.75, 3.05) is 31.5 Å². The highest BCUT2D eigenvalue weighted by Crippen LogP contribution is 2.22. The van der Waals surface area contributed by atoms with Gasteiger partial charge in [-0.15, -0.1) is 0 Å². The molecule has 1 saturated heterocycles. The molecule has 36 heavy (non-hydrogen) atoms. The zero-order valence-electron chi connectivity index (χ0n) is 19.7. The predicted octanol–water partition coefficient (Wildman–Crippen LogP) is 4.45. The van der Waals surface area contributed by atoms with Crippen LogP contribution < -0.4 is 5.32 Å². The number of nitrogens with one attached hydrogen (secondary N) is 1. The molecule has 1 aromatic heterocycles. The summed E-state index contributed by atoms with van der Waals surface area (Å²) in [6, 6.07) is 18.6. The van der Waals surface area contributed by atoms with Crippen molar-refractivity contribution in [2.24, 2.45) is 0 Å². The van der Waals surface area contributed by atoms with Crippen LogP contribution in [0.5, 0.6) is 0 Å². The maximum Gasteiger partial charge on any atom is 0.253 e. The zero-order chi connectivity index (χ0) is 24.9. The lowest BCUT2D eigenvalue weighted by Crippen LogP contribution is -2.51. The lowest BCUT2D eigenvalue weighted by molar-refractivity contribution is -0.128. The van der Waals surface area contributed by atoms with E-state index in [1.165, 1.54) is 0 Å². The summed E-state index contributed by atoms with van der Waals surface area (Å²) in [5.74, 6) is 0.535. The maximum absolute atomic E-state index is 13.0. The number of amides is 2. The molecule has 1 unspecified atom stereocenters. The van der Waals surface area contributed by atoms with Crippen LogP contribution in [0.25, 0.3) is 11.3 Å². The topological polar surface area (TPSA) is 78.4 Å². The Bertz CT molecular complexity index is 1300. The van der Waals surface area contributed by atoms with Crippen LogP contribution in [0, 0.1) is 0 Å². The first-order chi connectivity index (χ1) is 17.6. The lowest BCUT2D eigenvalue weighted by Gasteiger charge is -2.35. The molecule has 1 N–H and O–H groups in total. The quantitative estimate of drug-likeness (QED) is 0.561. The fourth-order valence-electron chi connectivity index (χ4n) is 4.32. The van der Waals surface area contributed by atoms with Crippen LogP contribution in [0.4, 0.5) is 5.95 Å². The molecule has 1 aliphatic heterocycles. The molecule has 3 aromatic rings. The van der Waals surface area contributed by atoms with Crippen molar-refractivity contribution in [1.82, 2.24) is 19.8 Å². The average molecular weight is 500 g/mol. The molecule has 0 spiro atoms. The Morgan fingerprint density at radius 1 is 0.889 bits per heavy atom. The summed E-state index contributed by atoms with van der Waals surface area (Å²) in [5.41, 5.74) is 3.12. The molecule has 182 valence electrons. The van der Waals surface area contributed by atoms with Gasteiger partial charge in [0.2, 0.25) is 5.95 Å². The largest absolute Gasteiger partial charge is 0.348 e. The first-order valence-electron chi connectivity index (χ1n) is 11.9. The summed E-state index contributed by atoms with van der Waals surface area (Å²) in [7, 11) is 0. The third-order valence-corrected chi connectivity index (χ3v) is 6.58. The minimum Gasteiger partial charge on any atom is -0.348 e. The number of halogens is 1. The van der Waals surface area contributed by atoms with Crippen molar-refractivity contribution in [1.29, 1.82) is 0 Å². The van der Waals surface area contributed by atoms with Gasteiger partial charge in [0.15, 0.2) is 0 Å². The van der Waals surface area contributed by atoms with Gasteiger partial charge in [0.25, 0.3) is 11.8 Å². The van der Waals surface area contributed by atoms with E-state index in [2.05, 4.69) is 15.3 Å². The summed E-state index contributed by atoms with van der Waals surface area (Å²) >= 11 is 5.98. The second kappa shape index (κ2) is 10.7. The Morgan fingerprint density at radius 3 is 2.25 bits per heavy atom. The van der Waals surface area contributed by atoms with E-state index < -0.39 is 0 Å². The molecule has 5 rings (SSSR count). The Hall–Kier alpha value is -3.97. The number of nitrogens with zero attached hydrogens (tertiary/aromatic N) is 4. The minimum atomic E-state index is -0.0117. The molecule has 2 heterocycles. The van der Waals surface area contributed by atoms with E-state index in [0.717, 1.165) is 11.3 Å². The number of carbonyl (C=O) groups excluding carboxylic acids is 2. The van der Waals surface area contributed by atoms with Gasteiger partial charge in [0, 0.05) is 54.1 Å². The van der Waals surface area contributed by atoms with Gasteiger partial charge in [-0.25, -0.2) is 9.97 Å². The van der Waals surface area contributed by atoms with Gasteiger partial charge >= 0.3 is 0 Å². The Kier molecular flexibility index (Phi) is 7.09. The van der Waals surface area contributed by atoms with E-state index in [4.69, 9.17) is 11.6 Å². The summed E-state index contributed by atoms with van der Waals surface area (Å²) in [6.45, 7) is 2.11. The van der Waals surface area contributed by atoms with Crippen LogP contribution >= 0.6 is 11.6 Å². The SMILES string of the molecule is O=C(C1=CCC(Nc2nccc(-c3ccc(Cl)cc3)n2)C=C1)N1CCN(C(=O)c2ccccc2)CC1. The van der Waals surface area contributed by atoms with Crippen molar-refractivity contribution < 1.29 is 9.59 Å². The molecular formula is C28H26ClN5O2. The molecule has 1 aliphatic carbocycles. The second-order valence-corrected chi connectivity index (χ2v) is 9.16. The van der Waals surface area contributed by atoms with Crippen LogP contribution in [-0.4, -0.2) is 63.8 Å². The van der Waals surface area contributed by atoms with E-state index in [1.54, 1.807) is 6.20 Å². The van der Waals surface area contributed by atoms with Gasteiger partial charge < -0.3 is 15.1 Å². The molecule has 0 radical (unpaired) electrons. The highest BCUT2D eigenvalue weighted by molar-refractivity contribution is 6.30. The van der Waals surface area contributed by atoms with Gasteiger partial charge in [-0.05, 0) is 36.8 Å². The summed E-state index contributed by atoms with van der Waals surface area (Å²) < 4.78 is 0. The first-order valence-corrected chi connectivity index (χ1v) is 12.3. The third-order valence-electron chi connectivity index (χ3n) is 6.33. The monoisotopic (exact) mass is 499 g/mol. The number of aromatic nitrogens is 2. The average Bonchev–Trinajstić information content (AvgIpc) is 2.94. The van der Waals surface area contributed by atoms with Gasteiger partial charge in [-0.3, -0.25) is 9.59 Å². The van der Waals surface area contributed by atoms with Crippen LogP contribution in [0.2, 0.25) is 5.02 Å². The summed E-state index contributed by atoms with van der Waals surface area (Å²) in [6.07, 6.45) is 8.15. The van der Waals surface area contributed by atoms with E-state index in [1.807, 2.05) is 88.7 Å². The molecular weight excluding hydrogens is 474 g/mol. The van der Waals surface area contributed by atoms with Gasteiger partial charge in [0.1, 0.15) is 0 Å². The molecule has 2 aliphatic rings. The van der Waals surface area contributed by atoms with Crippen LogP contribution in [-0.2, 0) is 4.79 Å². The summed E-state index contributed by atoms with van der Waals surface area (Å²) in [5, 5.41) is 4.01. The highest BCUT2D eigenvalue weighted by atomic mass is 35.5. The van der Waals surface area contributed by atoms with Gasteiger partial charge in [0.05, 0.1) is 11.7 Å². The minimum absolute atomic E-state index is 0.00232. The van der Waals surface area contributed by atoms with Crippen molar-refractivity contribution in [3.05, 3.63) is 101 Å². The predicted molar refractivity (Wildman–Crippen MR) is 141 cm³/mol. The van der Waals surface area contributed by atoms with Gasteiger partial charge in [-0.2, -0.15) is 0 Å². The zero-order valence-corrected chi connectivity index (χ0v) is 20.4. The number of piperazine rings is 1. The molecule has 1 atom stereocenters. The standard InChI is InChI=1S/C28H26ClN5O2/c29-23-10-6-20(7-11-23)25-14-15-30-28(32-25)31-24-12-8-22(9-13-24)27(36)34-18-16-33(17-19-34)26(35)21-4-2-1-3-5-21/h1-12,14-15,24H,13,16-19H2,(H,30,31,32). The highest BCUT2D eigenvalue weighted by Gasteiger charge is 2.26. The van der Waals surface area contributed by atoms with Crippen molar-refractivity contribution in [3.8, 4) is 11.3 Å². The molecule has 7 nitrogen and oxygen atoms in total. The normalized spacial score (nSPS) is 17.5. The van der Waals surface area contributed by atoms with Crippen LogP contribution in [0.3, 0.4) is 0 Å². The lowest BCUT2D eigenvalue weighted by atomic mass is 10.0. The number of carbonyl (C=O) groups is 2. The van der Waals surface area contributed by atoms with E-state index in [9.17, 15) is 9.59 Å². The molecule has 1 fully saturated rings. The molecule has 2 amide bonds. The number of benzene rings is 2. The fraction of sp³-hybridized carbons (Fsp3) is 0.214. The van der Waals surface area contributed by atoms with Crippen molar-refractivity contribution >= 4 is 29.4 Å². The first kappa shape index (κ1) is 23.8. The van der Waals surface area contributed by atoms with Crippen LogP contribution in [0.15, 0.2) is 90.7 Å². The van der Waals surface area contributed by atoms with Crippen LogP contribution in [0.1, 0.15) is 16.8 Å². The van der Waals surface area contributed by atoms with Gasteiger partial charge in [-0.1, -0.05) is 60.2 Å². The molecule has 8 heteroatoms. The second-order valence-electron chi connectivity index (χ2n) is 8.73. The van der Waals surface area contributed by atoms with E-state index in [-0.39, 0.29) is 17.9 Å². The smallest absolute Gasteiger partial charge is 0.253 e. The van der Waals surface area contributed by atoms with E-state index >= 15 is 0 Å².